The van der Waals surface area contributed by atoms with Crippen LogP contribution < -0.4 is 5.32 Å². The number of benzene rings is 7. The van der Waals surface area contributed by atoms with Crippen molar-refractivity contribution in [2.75, 3.05) is 0 Å². The zero-order chi connectivity index (χ0) is 36.6. The minimum Gasteiger partial charge on any atom is -0.324 e. The number of hydrogen-bond donors (Lipinski definition) is 1. The van der Waals surface area contributed by atoms with Gasteiger partial charge in [-0.05, 0) is 74.3 Å². The van der Waals surface area contributed by atoms with E-state index in [0.29, 0.717) is 0 Å². The first-order chi connectivity index (χ1) is 26.4. The topological polar surface area (TPSA) is 60.5 Å². The highest BCUT2D eigenvalue weighted by Gasteiger charge is 2.35. The van der Waals surface area contributed by atoms with Gasteiger partial charge in [-0.15, -0.1) is 0 Å². The van der Waals surface area contributed by atoms with Crippen LogP contribution in [0, 0.1) is 11.3 Å². The Morgan fingerprint density at radius 2 is 1.00 bits per heavy atom. The Bertz CT molecular complexity index is 2500. The van der Waals surface area contributed by atoms with Crippen molar-refractivity contribution in [3.63, 3.8) is 0 Å². The van der Waals surface area contributed by atoms with E-state index in [-0.39, 0.29) is 5.41 Å². The van der Waals surface area contributed by atoms with E-state index in [1.54, 1.807) is 11.8 Å². The van der Waals surface area contributed by atoms with Gasteiger partial charge in [-0.2, -0.15) is 5.26 Å². The summed E-state index contributed by atoms with van der Waals surface area (Å²) in [6.45, 7) is 4.45. The van der Waals surface area contributed by atoms with Crippen LogP contribution in [-0.2, 0) is 5.41 Å². The van der Waals surface area contributed by atoms with Gasteiger partial charge in [0.2, 0.25) is 0 Å². The van der Waals surface area contributed by atoms with Crippen LogP contribution in [0.2, 0.25) is 0 Å². The third kappa shape index (κ3) is 6.21. The molecule has 4 nitrogen and oxygen atoms in total. The van der Waals surface area contributed by atoms with Crippen LogP contribution in [0.5, 0.6) is 0 Å². The molecule has 0 saturated heterocycles. The second kappa shape index (κ2) is 13.8. The first-order valence-electron chi connectivity index (χ1n) is 18.2. The maximum atomic E-state index is 9.93. The lowest BCUT2D eigenvalue weighted by Crippen LogP contribution is -2.36. The summed E-state index contributed by atoms with van der Waals surface area (Å²) in [5, 5.41) is 13.5. The van der Waals surface area contributed by atoms with Crippen molar-refractivity contribution in [3.05, 3.63) is 203 Å². The predicted molar refractivity (Wildman–Crippen MR) is 222 cm³/mol. The number of nitriles is 1. The smallest absolute Gasteiger partial charge is 0.169 e. The summed E-state index contributed by atoms with van der Waals surface area (Å²) in [5.74, 6) is 1.57. The van der Waals surface area contributed by atoms with E-state index in [9.17, 15) is 5.26 Å². The third-order valence-electron chi connectivity index (χ3n) is 10.5. The molecule has 7 aromatic rings. The van der Waals surface area contributed by atoms with Gasteiger partial charge >= 0.3 is 0 Å². The monoisotopic (exact) mass is 712 g/mol. The summed E-state index contributed by atoms with van der Waals surface area (Å²) in [7, 11) is 0. The fourth-order valence-electron chi connectivity index (χ4n) is 7.54. The molecule has 1 N–H and O–H groups in total. The van der Waals surface area contributed by atoms with Gasteiger partial charge in [0.15, 0.2) is 6.17 Å². The van der Waals surface area contributed by atoms with Gasteiger partial charge in [-0.1, -0.05) is 171 Å². The predicted octanol–water partition coefficient (Wildman–Crippen LogP) is 11.8. The average Bonchev–Trinajstić information content (AvgIpc) is 3.24. The second-order valence-corrected chi connectivity index (χ2v) is 15.3. The fraction of sp³-hybridized carbons (Fsp3) is 0.0816. The molecular formula is C49H36N4S. The summed E-state index contributed by atoms with van der Waals surface area (Å²) < 4.78 is 0. The van der Waals surface area contributed by atoms with Crippen LogP contribution >= 0.6 is 11.8 Å². The van der Waals surface area contributed by atoms with Crippen LogP contribution in [0.25, 0.3) is 33.4 Å². The highest BCUT2D eigenvalue weighted by molar-refractivity contribution is 7.99. The third-order valence-corrected chi connectivity index (χ3v) is 11.6. The molecule has 2 aliphatic heterocycles. The minimum absolute atomic E-state index is 0.303. The maximum absolute atomic E-state index is 9.93. The van der Waals surface area contributed by atoms with Crippen molar-refractivity contribution < 1.29 is 0 Å². The van der Waals surface area contributed by atoms with Crippen molar-refractivity contribution in [2.24, 2.45) is 9.98 Å². The van der Waals surface area contributed by atoms with E-state index in [0.717, 1.165) is 66.6 Å². The molecule has 0 bridgehead atoms. The van der Waals surface area contributed by atoms with Crippen LogP contribution in [0.1, 0.15) is 53.4 Å². The van der Waals surface area contributed by atoms with Crippen molar-refractivity contribution in [1.82, 2.24) is 5.32 Å². The molecule has 0 amide bonds. The van der Waals surface area contributed by atoms with Gasteiger partial charge in [0.1, 0.15) is 11.7 Å². The van der Waals surface area contributed by atoms with Gasteiger partial charge in [0, 0.05) is 26.3 Å². The first-order valence-corrected chi connectivity index (χ1v) is 19.0. The Labute approximate surface area is 320 Å². The molecular weight excluding hydrogens is 677 g/mol. The molecule has 0 aromatic heterocycles. The molecule has 0 saturated carbocycles. The lowest BCUT2D eigenvalue weighted by Gasteiger charge is -2.35. The SMILES string of the molecule is CC1(C)c2cc(-c3ccc(C4N=C(c5ccc(-c6ccccc6)cc5)NC(c5ccc(-c6ccccc6)cc5)=N4)cc3)ccc2Sc2cccc(C#N)c21. The first kappa shape index (κ1) is 33.4. The standard InChI is InChI=1S/C49H36N4S/c1-49(2)42-30-40(28-29-43(42)54-44-15-9-14-41(31-50)45(44)49)36-20-26-39(27-21-36)48-52-46(37-22-16-34(17-23-37)32-10-5-3-6-11-32)51-47(53-48)38-24-18-35(19-25-38)33-12-7-4-8-13-33/h3-30,48H,1-2H3,(H,51,52,53). The molecule has 0 spiro atoms. The highest BCUT2D eigenvalue weighted by atomic mass is 32.2. The Kier molecular flexibility index (Phi) is 8.54. The summed E-state index contributed by atoms with van der Waals surface area (Å²) in [4.78, 5) is 12.7. The van der Waals surface area contributed by atoms with Gasteiger partial charge in [0.05, 0.1) is 11.6 Å². The number of hydrogen-bond acceptors (Lipinski definition) is 5. The number of fused-ring (bicyclic) bond motifs is 2. The quantitative estimate of drug-likeness (QED) is 0.187. The van der Waals surface area contributed by atoms with E-state index in [1.807, 2.05) is 24.3 Å². The van der Waals surface area contributed by atoms with Gasteiger partial charge in [-0.25, -0.2) is 9.98 Å². The molecule has 0 radical (unpaired) electrons. The van der Waals surface area contributed by atoms with Crippen molar-refractivity contribution in [3.8, 4) is 39.4 Å². The maximum Gasteiger partial charge on any atom is 0.169 e. The molecule has 0 aliphatic carbocycles. The van der Waals surface area contributed by atoms with E-state index in [2.05, 4.69) is 171 Å². The van der Waals surface area contributed by atoms with Crippen molar-refractivity contribution in [2.45, 2.75) is 35.2 Å². The number of aliphatic imine (C=N–C) groups is 2. The number of nitrogens with one attached hydrogen (secondary N) is 1. The molecule has 54 heavy (non-hydrogen) atoms. The number of rotatable bonds is 6. The largest absolute Gasteiger partial charge is 0.324 e. The molecule has 7 aromatic carbocycles. The molecule has 9 rings (SSSR count). The Balaban J connectivity index is 1.05. The lowest BCUT2D eigenvalue weighted by molar-refractivity contribution is 0.605. The van der Waals surface area contributed by atoms with Gasteiger partial charge in [-0.3, -0.25) is 0 Å². The number of nitrogens with zero attached hydrogens (tertiary/aromatic N) is 3. The minimum atomic E-state index is -0.423. The highest BCUT2D eigenvalue weighted by Crippen LogP contribution is 2.51. The van der Waals surface area contributed by atoms with E-state index in [1.165, 1.54) is 21.6 Å². The average molecular weight is 713 g/mol. The van der Waals surface area contributed by atoms with Gasteiger partial charge in [0.25, 0.3) is 0 Å². The Morgan fingerprint density at radius 1 is 0.519 bits per heavy atom. The molecule has 2 aliphatic rings. The summed E-state index contributed by atoms with van der Waals surface area (Å²) >= 11 is 1.75. The normalized spacial score (nSPS) is 14.5. The molecule has 0 unspecified atom stereocenters. The molecule has 0 fully saturated rings. The molecule has 258 valence electrons. The summed E-state index contributed by atoms with van der Waals surface area (Å²) in [5.41, 5.74) is 12.7. The van der Waals surface area contributed by atoms with Crippen molar-refractivity contribution >= 4 is 23.4 Å². The molecule has 2 heterocycles. The summed E-state index contributed by atoms with van der Waals surface area (Å²) in [6.07, 6.45) is -0.423. The van der Waals surface area contributed by atoms with Crippen LogP contribution in [0.3, 0.4) is 0 Å². The van der Waals surface area contributed by atoms with Crippen LogP contribution in [0.15, 0.2) is 190 Å². The zero-order valence-electron chi connectivity index (χ0n) is 30.0. The van der Waals surface area contributed by atoms with Crippen molar-refractivity contribution in [1.29, 1.82) is 5.26 Å². The second-order valence-electron chi connectivity index (χ2n) is 14.2. The lowest BCUT2D eigenvalue weighted by atomic mass is 9.75. The molecule has 5 heteroatoms. The number of amidine groups is 2. The van der Waals surface area contributed by atoms with E-state index >= 15 is 0 Å². The van der Waals surface area contributed by atoms with Gasteiger partial charge < -0.3 is 5.32 Å². The molecule has 0 atom stereocenters. The Morgan fingerprint density at radius 3 is 1.56 bits per heavy atom. The summed E-state index contributed by atoms with van der Waals surface area (Å²) in [6, 6.07) is 61.8. The fourth-order valence-corrected chi connectivity index (χ4v) is 8.95. The van der Waals surface area contributed by atoms with Crippen LogP contribution in [0.4, 0.5) is 0 Å². The van der Waals surface area contributed by atoms with Crippen LogP contribution in [-0.4, -0.2) is 11.7 Å². The van der Waals surface area contributed by atoms with E-state index < -0.39 is 6.17 Å². The zero-order valence-corrected chi connectivity index (χ0v) is 30.8. The Hall–Kier alpha value is -6.48. The van der Waals surface area contributed by atoms with E-state index in [4.69, 9.17) is 9.98 Å².